The fraction of sp³-hybridized carbons (Fsp3) is 0.500. The van der Waals surface area contributed by atoms with E-state index in [9.17, 15) is 22.0 Å². The lowest BCUT2D eigenvalue weighted by Gasteiger charge is -2.16. The summed E-state index contributed by atoms with van der Waals surface area (Å²) in [5.74, 6) is -12.1. The van der Waals surface area contributed by atoms with Crippen molar-refractivity contribution in [3.05, 3.63) is 29.1 Å². The summed E-state index contributed by atoms with van der Waals surface area (Å²) in [6.07, 6.45) is 0. The van der Waals surface area contributed by atoms with Crippen molar-refractivity contribution in [2.45, 2.75) is 0 Å². The third-order valence-corrected chi connectivity index (χ3v) is 3.91. The lowest BCUT2D eigenvalue weighted by molar-refractivity contribution is 0.0724. The number of ether oxygens (including phenoxy) is 2. The quantitative estimate of drug-likeness (QED) is 0.210. The first-order chi connectivity index (χ1) is 10.9. The van der Waals surface area contributed by atoms with Crippen LogP contribution < -0.4 is 3.79 Å². The van der Waals surface area contributed by atoms with Gasteiger partial charge in [-0.2, -0.15) is 8.78 Å². The second-order valence-electron chi connectivity index (χ2n) is 4.03. The highest BCUT2D eigenvalue weighted by Crippen LogP contribution is 2.29. The molecular formula is C12H14AlF5O5. The minimum Gasteiger partial charge on any atom is -0.594 e. The van der Waals surface area contributed by atoms with Gasteiger partial charge in [-0.05, 0) is 0 Å². The van der Waals surface area contributed by atoms with Crippen LogP contribution in [0.3, 0.4) is 0 Å². The summed E-state index contributed by atoms with van der Waals surface area (Å²) in [6.45, 7) is 0.154. The molecule has 0 unspecified atom stereocenters. The monoisotopic (exact) mass is 360 g/mol. The molecule has 0 N–H and O–H groups in total. The second-order valence-corrected chi connectivity index (χ2v) is 5.51. The van der Waals surface area contributed by atoms with Gasteiger partial charge in [-0.15, -0.1) is 0 Å². The summed E-state index contributed by atoms with van der Waals surface area (Å²) < 4.78 is 90.7. The Morgan fingerprint density at radius 3 is 1.43 bits per heavy atom. The summed E-state index contributed by atoms with van der Waals surface area (Å²) in [6, 6.07) is 0. The Morgan fingerprint density at radius 1 is 0.652 bits per heavy atom. The van der Waals surface area contributed by atoms with Gasteiger partial charge in [0, 0.05) is 27.4 Å². The molecule has 0 spiro atoms. The fourth-order valence-corrected chi connectivity index (χ4v) is 2.56. The molecule has 11 heteroatoms. The zero-order valence-electron chi connectivity index (χ0n) is 12.3. The molecule has 0 atom stereocenters. The van der Waals surface area contributed by atoms with Crippen LogP contribution in [0.15, 0.2) is 0 Å². The van der Waals surface area contributed by atoms with E-state index < -0.39 is 50.0 Å². The highest BCUT2D eigenvalue weighted by atomic mass is 27.3. The first kappa shape index (κ1) is 20.1. The van der Waals surface area contributed by atoms with Crippen molar-refractivity contribution >= 4 is 15.1 Å². The first-order valence-electron chi connectivity index (χ1n) is 6.33. The van der Waals surface area contributed by atoms with Crippen LogP contribution in [0.2, 0.25) is 0 Å². The predicted molar refractivity (Wildman–Crippen MR) is 68.3 cm³/mol. The van der Waals surface area contributed by atoms with Gasteiger partial charge in [0.25, 0.3) is 0 Å². The van der Waals surface area contributed by atoms with Crippen LogP contribution in [0.5, 0.6) is 5.75 Å². The lowest BCUT2D eigenvalue weighted by Crippen LogP contribution is -2.34. The average Bonchev–Trinajstić information content (AvgIpc) is 2.55. The molecule has 5 nitrogen and oxygen atoms in total. The molecule has 1 aromatic carbocycles. The Bertz CT molecular complexity index is 480. The minimum absolute atomic E-state index is 0.0459. The largest absolute Gasteiger partial charge is 1.00 e. The molecule has 0 radical (unpaired) electrons. The number of rotatable bonds is 10. The van der Waals surface area contributed by atoms with Gasteiger partial charge in [-0.1, -0.05) is 0 Å². The van der Waals surface area contributed by atoms with Crippen molar-refractivity contribution < 1.29 is 42.8 Å². The van der Waals surface area contributed by atoms with E-state index in [2.05, 4.69) is 0 Å². The molecule has 0 heterocycles. The van der Waals surface area contributed by atoms with Crippen LogP contribution >= 0.6 is 0 Å². The van der Waals surface area contributed by atoms with Gasteiger partial charge in [0.15, 0.2) is 5.75 Å². The smallest absolute Gasteiger partial charge is 0.594 e. The maximum absolute atomic E-state index is 13.6. The van der Waals surface area contributed by atoms with Crippen molar-refractivity contribution in [1.82, 2.24) is 0 Å². The van der Waals surface area contributed by atoms with Gasteiger partial charge in [-0.3, -0.25) is 0 Å². The van der Waals surface area contributed by atoms with Crippen molar-refractivity contribution in [2.75, 3.05) is 40.6 Å². The molecule has 0 aliphatic rings. The number of hydrogen-bond acceptors (Lipinski definition) is 5. The van der Waals surface area contributed by atoms with Gasteiger partial charge >= 0.3 is 15.1 Å². The molecule has 0 aliphatic carbocycles. The Balaban J connectivity index is 2.93. The van der Waals surface area contributed by atoms with Crippen molar-refractivity contribution in [3.63, 3.8) is 0 Å². The van der Waals surface area contributed by atoms with Crippen LogP contribution in [0.4, 0.5) is 22.0 Å². The molecule has 0 bridgehead atoms. The highest BCUT2D eigenvalue weighted by molar-refractivity contribution is 6.37. The van der Waals surface area contributed by atoms with E-state index >= 15 is 0 Å². The lowest BCUT2D eigenvalue weighted by atomic mass is 10.3. The van der Waals surface area contributed by atoms with Crippen LogP contribution in [-0.2, 0) is 17.1 Å². The summed E-state index contributed by atoms with van der Waals surface area (Å²) in [5.41, 5.74) is 0. The molecule has 0 aromatic heterocycles. The summed E-state index contributed by atoms with van der Waals surface area (Å²) in [7, 11) is 2.77. The van der Waals surface area contributed by atoms with Gasteiger partial charge < -0.3 is 20.8 Å². The molecular weight excluding hydrogens is 346 g/mol. The fourth-order valence-electron chi connectivity index (χ4n) is 1.36. The second kappa shape index (κ2) is 10.0. The molecule has 0 amide bonds. The SMILES string of the molecule is COCC[O][Al]([O]CCOC)[O]c1c(F)c(F)c(F)c(F)c1F. The van der Waals surface area contributed by atoms with E-state index in [0.29, 0.717) is 0 Å². The van der Waals surface area contributed by atoms with Crippen LogP contribution in [0.1, 0.15) is 0 Å². The predicted octanol–water partition coefficient (Wildman–Crippen LogP) is 2.07. The van der Waals surface area contributed by atoms with Gasteiger partial charge in [0.2, 0.25) is 29.1 Å². The van der Waals surface area contributed by atoms with E-state index in [1.54, 1.807) is 0 Å². The van der Waals surface area contributed by atoms with Crippen LogP contribution in [0.25, 0.3) is 0 Å². The average molecular weight is 360 g/mol. The topological polar surface area (TPSA) is 46.2 Å². The molecule has 1 aromatic rings. The Morgan fingerprint density at radius 2 is 1.04 bits per heavy atom. The Hall–Kier alpha value is -0.958. The molecule has 0 saturated carbocycles. The number of halogens is 5. The van der Waals surface area contributed by atoms with Gasteiger partial charge in [-0.25, -0.2) is 13.2 Å². The van der Waals surface area contributed by atoms with Gasteiger partial charge in [0.05, 0.1) is 13.2 Å². The molecule has 0 fully saturated rings. The van der Waals surface area contributed by atoms with E-state index in [4.69, 9.17) is 20.8 Å². The highest BCUT2D eigenvalue weighted by Gasteiger charge is 2.39. The third kappa shape index (κ3) is 5.56. The Kier molecular flexibility index (Phi) is 8.75. The summed E-state index contributed by atoms with van der Waals surface area (Å²) >= 11 is -3.23. The van der Waals surface area contributed by atoms with Crippen molar-refractivity contribution in [3.8, 4) is 5.75 Å². The number of benzene rings is 1. The van der Waals surface area contributed by atoms with Crippen molar-refractivity contribution in [2.24, 2.45) is 0 Å². The minimum atomic E-state index is -3.23. The zero-order chi connectivity index (χ0) is 17.4. The number of hydrogen-bond donors (Lipinski definition) is 0. The summed E-state index contributed by atoms with van der Waals surface area (Å²) in [5, 5.41) is 0. The maximum Gasteiger partial charge on any atom is 1.00 e. The molecule has 23 heavy (non-hydrogen) atoms. The van der Waals surface area contributed by atoms with Crippen molar-refractivity contribution in [1.29, 1.82) is 0 Å². The van der Waals surface area contributed by atoms with E-state index in [1.807, 2.05) is 0 Å². The van der Waals surface area contributed by atoms with E-state index in [1.165, 1.54) is 14.2 Å². The number of methoxy groups -OCH3 is 2. The summed E-state index contributed by atoms with van der Waals surface area (Å²) in [4.78, 5) is 0. The standard InChI is InChI=1S/C6HF5O.2C3H7O2.Al/c7-1-2(8)4(10)6(12)5(11)3(1)9;2*1-5-3-2-4;/h12H;2*2-3H2,1H3;/q;2*-1;+3/p-1. The Labute approximate surface area is 134 Å². The third-order valence-electron chi connectivity index (χ3n) is 2.47. The van der Waals surface area contributed by atoms with Gasteiger partial charge in [0.1, 0.15) is 0 Å². The van der Waals surface area contributed by atoms with Crippen LogP contribution in [-0.4, -0.2) is 55.8 Å². The normalized spacial score (nSPS) is 10.9. The molecule has 130 valence electrons. The molecule has 1 rings (SSSR count). The zero-order valence-corrected chi connectivity index (χ0v) is 13.5. The maximum atomic E-state index is 13.6. The molecule has 0 saturated heterocycles. The van der Waals surface area contributed by atoms with E-state index in [0.717, 1.165) is 0 Å². The molecule has 0 aliphatic heterocycles. The first-order valence-corrected chi connectivity index (χ1v) is 7.74. The van der Waals surface area contributed by atoms with E-state index in [-0.39, 0.29) is 26.4 Å². The van der Waals surface area contributed by atoms with Crippen LogP contribution in [0, 0.1) is 29.1 Å².